The van der Waals surface area contributed by atoms with Crippen LogP contribution in [0.1, 0.15) is 67.8 Å². The summed E-state index contributed by atoms with van der Waals surface area (Å²) in [6, 6.07) is 9.48. The number of nitrogens with zero attached hydrogens (tertiary/aromatic N) is 2. The lowest BCUT2D eigenvalue weighted by atomic mass is 9.96. The third-order valence-corrected chi connectivity index (χ3v) is 6.74. The fraction of sp³-hybridized carbons (Fsp3) is 0.500. The van der Waals surface area contributed by atoms with Gasteiger partial charge in [-0.2, -0.15) is 0 Å². The molecule has 2 aliphatic rings. The number of carbonyl (C=O) groups excluding carboxylic acids is 2. The molecule has 7 nitrogen and oxygen atoms in total. The average Bonchev–Trinajstić information content (AvgIpc) is 2.84. The van der Waals surface area contributed by atoms with Gasteiger partial charge in [-0.1, -0.05) is 32.3 Å². The lowest BCUT2D eigenvalue weighted by Crippen LogP contribution is -2.39. The van der Waals surface area contributed by atoms with Crippen LogP contribution in [-0.4, -0.2) is 36.1 Å². The summed E-state index contributed by atoms with van der Waals surface area (Å²) >= 11 is 0. The van der Waals surface area contributed by atoms with Crippen molar-refractivity contribution >= 4 is 23.3 Å². The first-order valence-corrected chi connectivity index (χ1v) is 12.2. The number of hydrogen-bond acceptors (Lipinski definition) is 4. The van der Waals surface area contributed by atoms with Gasteiger partial charge in [0.1, 0.15) is 0 Å². The molecule has 3 N–H and O–H groups in total. The third kappa shape index (κ3) is 6.46. The van der Waals surface area contributed by atoms with Gasteiger partial charge >= 0.3 is 6.03 Å². The van der Waals surface area contributed by atoms with Crippen LogP contribution < -0.4 is 20.9 Å². The molecule has 1 aliphatic carbocycles. The van der Waals surface area contributed by atoms with E-state index >= 15 is 0 Å². The predicted octanol–water partition coefficient (Wildman–Crippen LogP) is 4.70. The quantitative estimate of drug-likeness (QED) is 0.597. The number of carbonyl (C=O) groups is 2. The van der Waals surface area contributed by atoms with E-state index in [0.717, 1.165) is 62.9 Å². The first-order chi connectivity index (χ1) is 16.1. The number of hydrogen-bond donors (Lipinski definition) is 3. The molecule has 1 aromatic carbocycles. The average molecular weight is 450 g/mol. The van der Waals surface area contributed by atoms with E-state index in [4.69, 9.17) is 0 Å². The fourth-order valence-corrected chi connectivity index (χ4v) is 4.70. The fourth-order valence-electron chi connectivity index (χ4n) is 4.70. The van der Waals surface area contributed by atoms with Crippen molar-refractivity contribution in [1.29, 1.82) is 0 Å². The van der Waals surface area contributed by atoms with E-state index in [-0.39, 0.29) is 18.0 Å². The Hall–Kier alpha value is -3.09. The number of benzene rings is 1. The van der Waals surface area contributed by atoms with E-state index in [1.807, 2.05) is 24.3 Å². The van der Waals surface area contributed by atoms with Crippen molar-refractivity contribution in [2.45, 2.75) is 64.5 Å². The molecule has 1 saturated carbocycles. The SMILES string of the molecule is CC1CCN(c2ccc(NC(=O)NC3CCCCC3)cc2C(=O)NCc2cccnc2)CC1. The maximum absolute atomic E-state index is 13.2. The number of aromatic nitrogens is 1. The molecule has 0 atom stereocenters. The van der Waals surface area contributed by atoms with Crippen molar-refractivity contribution in [3.05, 3.63) is 53.9 Å². The van der Waals surface area contributed by atoms with E-state index in [1.54, 1.807) is 18.5 Å². The minimum absolute atomic E-state index is 0.149. The minimum Gasteiger partial charge on any atom is -0.371 e. The summed E-state index contributed by atoms with van der Waals surface area (Å²) < 4.78 is 0. The smallest absolute Gasteiger partial charge is 0.319 e. The van der Waals surface area contributed by atoms with E-state index in [1.165, 1.54) is 6.42 Å². The first kappa shape index (κ1) is 23.1. The van der Waals surface area contributed by atoms with Crippen LogP contribution in [0.25, 0.3) is 0 Å². The van der Waals surface area contributed by atoms with Crippen LogP contribution >= 0.6 is 0 Å². The summed E-state index contributed by atoms with van der Waals surface area (Å²) in [4.78, 5) is 32.2. The highest BCUT2D eigenvalue weighted by atomic mass is 16.2. The van der Waals surface area contributed by atoms with E-state index in [9.17, 15) is 9.59 Å². The van der Waals surface area contributed by atoms with Crippen LogP contribution in [0.5, 0.6) is 0 Å². The number of amides is 3. The van der Waals surface area contributed by atoms with Gasteiger partial charge in [-0.15, -0.1) is 0 Å². The zero-order valence-electron chi connectivity index (χ0n) is 19.5. The Bertz CT molecular complexity index is 935. The summed E-state index contributed by atoms with van der Waals surface area (Å²) in [6.45, 7) is 4.54. The van der Waals surface area contributed by atoms with Gasteiger partial charge in [0.05, 0.1) is 5.56 Å². The summed E-state index contributed by atoms with van der Waals surface area (Å²) in [5.41, 5.74) is 3.08. The zero-order valence-corrected chi connectivity index (χ0v) is 19.5. The van der Waals surface area contributed by atoms with Gasteiger partial charge in [0.15, 0.2) is 0 Å². The van der Waals surface area contributed by atoms with Crippen molar-refractivity contribution in [2.24, 2.45) is 5.92 Å². The molecule has 176 valence electrons. The molecular formula is C26H35N5O2. The second kappa shape index (κ2) is 11.2. The summed E-state index contributed by atoms with van der Waals surface area (Å²) in [5.74, 6) is 0.553. The topological polar surface area (TPSA) is 86.4 Å². The van der Waals surface area contributed by atoms with Crippen molar-refractivity contribution < 1.29 is 9.59 Å². The van der Waals surface area contributed by atoms with Gasteiger partial charge < -0.3 is 20.9 Å². The Labute approximate surface area is 196 Å². The van der Waals surface area contributed by atoms with Crippen molar-refractivity contribution in [1.82, 2.24) is 15.6 Å². The normalized spacial score (nSPS) is 17.4. The van der Waals surface area contributed by atoms with Crippen molar-refractivity contribution in [3.8, 4) is 0 Å². The number of nitrogens with one attached hydrogen (secondary N) is 3. The maximum Gasteiger partial charge on any atom is 0.319 e. The molecule has 3 amide bonds. The Morgan fingerprint density at radius 1 is 1.06 bits per heavy atom. The zero-order chi connectivity index (χ0) is 23.0. The number of piperidine rings is 1. The molecule has 2 fully saturated rings. The van der Waals surface area contributed by atoms with Crippen LogP contribution in [-0.2, 0) is 6.54 Å². The Kier molecular flexibility index (Phi) is 7.81. The Morgan fingerprint density at radius 2 is 1.85 bits per heavy atom. The van der Waals surface area contributed by atoms with Crippen molar-refractivity contribution in [3.63, 3.8) is 0 Å². The Morgan fingerprint density at radius 3 is 2.58 bits per heavy atom. The van der Waals surface area contributed by atoms with Crippen LogP contribution in [0.3, 0.4) is 0 Å². The maximum atomic E-state index is 13.2. The molecule has 2 heterocycles. The molecule has 0 bridgehead atoms. The molecule has 2 aromatic rings. The first-order valence-electron chi connectivity index (χ1n) is 12.2. The molecule has 33 heavy (non-hydrogen) atoms. The van der Waals surface area contributed by atoms with Gasteiger partial charge in [0.25, 0.3) is 5.91 Å². The van der Waals surface area contributed by atoms with Crippen LogP contribution in [0.2, 0.25) is 0 Å². The highest BCUT2D eigenvalue weighted by molar-refractivity contribution is 6.02. The van der Waals surface area contributed by atoms with E-state index < -0.39 is 0 Å². The minimum atomic E-state index is -0.205. The van der Waals surface area contributed by atoms with Gasteiger partial charge in [0, 0.05) is 49.4 Å². The van der Waals surface area contributed by atoms with E-state index in [0.29, 0.717) is 23.7 Å². The predicted molar refractivity (Wildman–Crippen MR) is 131 cm³/mol. The number of pyridine rings is 1. The Balaban J connectivity index is 1.48. The molecule has 0 radical (unpaired) electrons. The third-order valence-electron chi connectivity index (χ3n) is 6.74. The monoisotopic (exact) mass is 449 g/mol. The molecule has 1 aliphatic heterocycles. The molecular weight excluding hydrogens is 414 g/mol. The highest BCUT2D eigenvalue weighted by Crippen LogP contribution is 2.29. The highest BCUT2D eigenvalue weighted by Gasteiger charge is 2.22. The molecule has 1 aromatic heterocycles. The second-order valence-electron chi connectivity index (χ2n) is 9.38. The van der Waals surface area contributed by atoms with Crippen LogP contribution in [0.15, 0.2) is 42.7 Å². The molecule has 4 rings (SSSR count). The van der Waals surface area contributed by atoms with Gasteiger partial charge in [-0.3, -0.25) is 9.78 Å². The summed E-state index contributed by atoms with van der Waals surface area (Å²) in [7, 11) is 0. The standard InChI is InChI=1S/C26H35N5O2/c1-19-11-14-31(15-12-19)24-10-9-22(30-26(33)29-21-7-3-2-4-8-21)16-23(24)25(32)28-18-20-6-5-13-27-17-20/h5-6,9-10,13,16-17,19,21H,2-4,7-8,11-12,14-15,18H2,1H3,(H,28,32)(H2,29,30,33). The largest absolute Gasteiger partial charge is 0.371 e. The summed E-state index contributed by atoms with van der Waals surface area (Å²) in [6.07, 6.45) is 11.3. The number of urea groups is 1. The summed E-state index contributed by atoms with van der Waals surface area (Å²) in [5, 5.41) is 9.03. The van der Waals surface area contributed by atoms with Gasteiger partial charge in [0.2, 0.25) is 0 Å². The molecule has 1 saturated heterocycles. The number of rotatable bonds is 6. The van der Waals surface area contributed by atoms with Crippen LogP contribution in [0.4, 0.5) is 16.2 Å². The second-order valence-corrected chi connectivity index (χ2v) is 9.38. The van der Waals surface area contributed by atoms with Gasteiger partial charge in [-0.05, 0) is 61.4 Å². The lowest BCUT2D eigenvalue weighted by molar-refractivity contribution is 0.0951. The van der Waals surface area contributed by atoms with E-state index in [2.05, 4.69) is 32.8 Å². The van der Waals surface area contributed by atoms with Crippen LogP contribution in [0, 0.1) is 5.92 Å². The number of anilines is 2. The lowest BCUT2D eigenvalue weighted by Gasteiger charge is -2.33. The molecule has 0 spiro atoms. The molecule has 0 unspecified atom stereocenters. The van der Waals surface area contributed by atoms with Gasteiger partial charge in [-0.25, -0.2) is 4.79 Å². The van der Waals surface area contributed by atoms with Crippen molar-refractivity contribution in [2.75, 3.05) is 23.3 Å². The molecule has 7 heteroatoms.